The van der Waals surface area contributed by atoms with E-state index in [9.17, 15) is 4.79 Å². The fourth-order valence-electron chi connectivity index (χ4n) is 2.62. The maximum absolute atomic E-state index is 11.7. The van der Waals surface area contributed by atoms with Crippen LogP contribution < -0.4 is 5.56 Å². The topological polar surface area (TPSA) is 58.2 Å². The van der Waals surface area contributed by atoms with Crippen LogP contribution in [0.25, 0.3) is 0 Å². The van der Waals surface area contributed by atoms with Crippen LogP contribution in [0.3, 0.4) is 0 Å². The molecular formula is C15H19N3O2S. The first-order valence-electron chi connectivity index (χ1n) is 7.06. The summed E-state index contributed by atoms with van der Waals surface area (Å²) in [5.41, 5.74) is 2.01. The number of aromatic amines is 1. The normalized spacial score (nSPS) is 19.8. The standard InChI is InChI=1S/C15H19N3O2S/c1-10-3-6-21-14(10)8-18-4-5-20-9-13(18)12-7-15(19)17-11(2)16-12/h3,6-7,13H,4-5,8-9H2,1-2H3,(H,16,17,19). The summed E-state index contributed by atoms with van der Waals surface area (Å²) in [7, 11) is 0. The highest BCUT2D eigenvalue weighted by Crippen LogP contribution is 2.26. The highest BCUT2D eigenvalue weighted by molar-refractivity contribution is 7.10. The number of morpholine rings is 1. The van der Waals surface area contributed by atoms with Gasteiger partial charge in [-0.1, -0.05) is 0 Å². The molecule has 0 amide bonds. The van der Waals surface area contributed by atoms with Crippen molar-refractivity contribution in [2.45, 2.75) is 26.4 Å². The van der Waals surface area contributed by atoms with Crippen molar-refractivity contribution in [1.29, 1.82) is 0 Å². The number of nitrogens with one attached hydrogen (secondary N) is 1. The van der Waals surface area contributed by atoms with Crippen LogP contribution in [0.2, 0.25) is 0 Å². The molecule has 112 valence electrons. The lowest BCUT2D eigenvalue weighted by molar-refractivity contribution is -0.0140. The van der Waals surface area contributed by atoms with Crippen LogP contribution in [-0.2, 0) is 11.3 Å². The lowest BCUT2D eigenvalue weighted by Gasteiger charge is -2.35. The van der Waals surface area contributed by atoms with Crippen LogP contribution in [0.15, 0.2) is 22.3 Å². The zero-order valence-electron chi connectivity index (χ0n) is 12.3. The molecule has 1 unspecified atom stereocenters. The summed E-state index contributed by atoms with van der Waals surface area (Å²) in [5, 5.41) is 2.12. The minimum Gasteiger partial charge on any atom is -0.378 e. The van der Waals surface area contributed by atoms with Crippen LogP contribution in [0.5, 0.6) is 0 Å². The Kier molecular flexibility index (Phi) is 4.19. The summed E-state index contributed by atoms with van der Waals surface area (Å²) in [5.74, 6) is 0.648. The molecule has 0 aliphatic carbocycles. The Morgan fingerprint density at radius 2 is 2.38 bits per heavy atom. The molecule has 21 heavy (non-hydrogen) atoms. The third-order valence-electron chi connectivity index (χ3n) is 3.78. The van der Waals surface area contributed by atoms with Crippen molar-refractivity contribution in [3.8, 4) is 0 Å². The molecule has 1 fully saturated rings. The van der Waals surface area contributed by atoms with Gasteiger partial charge in [0.1, 0.15) is 5.82 Å². The van der Waals surface area contributed by atoms with E-state index < -0.39 is 0 Å². The second-order valence-corrected chi connectivity index (χ2v) is 6.34. The zero-order chi connectivity index (χ0) is 14.8. The number of rotatable bonds is 3. The predicted octanol–water partition coefficient (Wildman–Crippen LogP) is 2.02. The zero-order valence-corrected chi connectivity index (χ0v) is 13.1. The number of hydrogen-bond donors (Lipinski definition) is 1. The minimum atomic E-state index is -0.102. The molecule has 0 radical (unpaired) electrons. The van der Waals surface area contributed by atoms with Gasteiger partial charge in [-0.25, -0.2) is 4.98 Å². The van der Waals surface area contributed by atoms with E-state index in [1.807, 2.05) is 6.92 Å². The van der Waals surface area contributed by atoms with Crippen molar-refractivity contribution in [3.63, 3.8) is 0 Å². The van der Waals surface area contributed by atoms with Crippen molar-refractivity contribution >= 4 is 11.3 Å². The molecule has 0 saturated carbocycles. The van der Waals surface area contributed by atoms with Gasteiger partial charge in [-0.15, -0.1) is 11.3 Å². The second kappa shape index (κ2) is 6.09. The number of ether oxygens (including phenoxy) is 1. The molecule has 0 aromatic carbocycles. The van der Waals surface area contributed by atoms with Gasteiger partial charge in [0.25, 0.3) is 5.56 Å². The monoisotopic (exact) mass is 305 g/mol. The van der Waals surface area contributed by atoms with Crippen LogP contribution in [0, 0.1) is 13.8 Å². The van der Waals surface area contributed by atoms with Crippen molar-refractivity contribution in [1.82, 2.24) is 14.9 Å². The maximum Gasteiger partial charge on any atom is 0.251 e. The highest BCUT2D eigenvalue weighted by Gasteiger charge is 2.27. The smallest absolute Gasteiger partial charge is 0.251 e. The first-order chi connectivity index (χ1) is 10.1. The number of nitrogens with zero attached hydrogens (tertiary/aromatic N) is 2. The highest BCUT2D eigenvalue weighted by atomic mass is 32.1. The van der Waals surface area contributed by atoms with Crippen molar-refractivity contribution in [3.05, 3.63) is 49.8 Å². The predicted molar refractivity (Wildman–Crippen MR) is 82.6 cm³/mol. The molecule has 2 aromatic heterocycles. The molecule has 0 spiro atoms. The van der Waals surface area contributed by atoms with E-state index in [2.05, 4.69) is 33.2 Å². The number of aryl methyl sites for hydroxylation is 2. The molecule has 3 rings (SSSR count). The lowest BCUT2D eigenvalue weighted by atomic mass is 10.1. The van der Waals surface area contributed by atoms with Gasteiger partial charge in [0, 0.05) is 24.0 Å². The van der Waals surface area contributed by atoms with Crippen molar-refractivity contribution in [2.24, 2.45) is 0 Å². The molecule has 1 N–H and O–H groups in total. The Hall–Kier alpha value is -1.50. The van der Waals surface area contributed by atoms with Gasteiger partial charge in [-0.3, -0.25) is 9.69 Å². The maximum atomic E-state index is 11.7. The Morgan fingerprint density at radius 1 is 1.52 bits per heavy atom. The fourth-order valence-corrected chi connectivity index (χ4v) is 3.55. The number of aromatic nitrogens is 2. The molecule has 0 bridgehead atoms. The van der Waals surface area contributed by atoms with E-state index >= 15 is 0 Å². The minimum absolute atomic E-state index is 0.0428. The molecular weight excluding hydrogens is 286 g/mol. The molecule has 6 heteroatoms. The third kappa shape index (κ3) is 3.23. The van der Waals surface area contributed by atoms with Crippen molar-refractivity contribution in [2.75, 3.05) is 19.8 Å². The van der Waals surface area contributed by atoms with Gasteiger partial charge in [0.05, 0.1) is 24.9 Å². The quantitative estimate of drug-likeness (QED) is 0.942. The van der Waals surface area contributed by atoms with Crippen LogP contribution >= 0.6 is 11.3 Å². The number of thiophene rings is 1. The van der Waals surface area contributed by atoms with Gasteiger partial charge in [0.15, 0.2) is 0 Å². The summed E-state index contributed by atoms with van der Waals surface area (Å²) in [6.07, 6.45) is 0. The van der Waals surface area contributed by atoms with E-state index in [1.54, 1.807) is 17.4 Å². The summed E-state index contributed by atoms with van der Waals surface area (Å²) in [6.45, 7) is 6.99. The summed E-state index contributed by atoms with van der Waals surface area (Å²) in [6, 6.07) is 3.77. The van der Waals surface area contributed by atoms with Crippen LogP contribution in [0.1, 0.15) is 28.0 Å². The molecule has 2 aromatic rings. The average Bonchev–Trinajstić information content (AvgIpc) is 2.84. The molecule has 1 atom stereocenters. The number of H-pyrrole nitrogens is 1. The van der Waals surface area contributed by atoms with Gasteiger partial charge in [-0.2, -0.15) is 0 Å². The third-order valence-corrected chi connectivity index (χ3v) is 4.78. The summed E-state index contributed by atoms with van der Waals surface area (Å²) >= 11 is 1.78. The van der Waals surface area contributed by atoms with E-state index in [0.29, 0.717) is 12.4 Å². The van der Waals surface area contributed by atoms with E-state index in [1.165, 1.54) is 10.4 Å². The SMILES string of the molecule is Cc1nc(C2COCCN2Cc2sccc2C)cc(=O)[nH]1. The lowest BCUT2D eigenvalue weighted by Crippen LogP contribution is -2.40. The molecule has 1 aliphatic rings. The summed E-state index contributed by atoms with van der Waals surface area (Å²) in [4.78, 5) is 22.6. The van der Waals surface area contributed by atoms with Crippen LogP contribution in [0.4, 0.5) is 0 Å². The summed E-state index contributed by atoms with van der Waals surface area (Å²) < 4.78 is 5.61. The fraction of sp³-hybridized carbons (Fsp3) is 0.467. The first kappa shape index (κ1) is 14.4. The average molecular weight is 305 g/mol. The Morgan fingerprint density at radius 3 is 3.10 bits per heavy atom. The number of hydrogen-bond acceptors (Lipinski definition) is 5. The van der Waals surface area contributed by atoms with E-state index in [-0.39, 0.29) is 11.6 Å². The first-order valence-corrected chi connectivity index (χ1v) is 7.94. The van der Waals surface area contributed by atoms with E-state index in [0.717, 1.165) is 25.4 Å². The van der Waals surface area contributed by atoms with Gasteiger partial charge in [0.2, 0.25) is 0 Å². The largest absolute Gasteiger partial charge is 0.378 e. The molecule has 5 nitrogen and oxygen atoms in total. The second-order valence-electron chi connectivity index (χ2n) is 5.34. The Balaban J connectivity index is 1.87. The van der Waals surface area contributed by atoms with Gasteiger partial charge >= 0.3 is 0 Å². The molecule has 1 aliphatic heterocycles. The molecule has 3 heterocycles. The Bertz CT molecular complexity index is 680. The van der Waals surface area contributed by atoms with Gasteiger partial charge < -0.3 is 9.72 Å². The Labute approximate surface area is 127 Å². The van der Waals surface area contributed by atoms with Gasteiger partial charge in [-0.05, 0) is 30.9 Å². The van der Waals surface area contributed by atoms with Crippen LogP contribution in [-0.4, -0.2) is 34.6 Å². The van der Waals surface area contributed by atoms with Crippen molar-refractivity contribution < 1.29 is 4.74 Å². The molecule has 1 saturated heterocycles. The van der Waals surface area contributed by atoms with E-state index in [4.69, 9.17) is 4.74 Å².